The van der Waals surface area contributed by atoms with E-state index in [0.717, 1.165) is 0 Å². The van der Waals surface area contributed by atoms with Crippen LogP contribution < -0.4 is 0 Å². The Morgan fingerprint density at radius 2 is 1.69 bits per heavy atom. The van der Waals surface area contributed by atoms with Crippen molar-refractivity contribution in [3.8, 4) is 0 Å². The molecule has 1 aliphatic heterocycles. The van der Waals surface area contributed by atoms with E-state index in [2.05, 4.69) is 0 Å². The van der Waals surface area contributed by atoms with Crippen LogP contribution in [0.25, 0.3) is 0 Å². The first-order valence-corrected chi connectivity index (χ1v) is 5.72. The maximum absolute atomic E-state index is 13.1. The molecule has 0 radical (unpaired) electrons. The van der Waals surface area contributed by atoms with Crippen molar-refractivity contribution in [3.63, 3.8) is 0 Å². The third-order valence-electron chi connectivity index (χ3n) is 4.20. The minimum Gasteiger partial charge on any atom is -0.396 e. The fourth-order valence-electron chi connectivity index (χ4n) is 2.81. The molecule has 2 N–H and O–H groups in total. The Hall–Kier alpha value is -0.260. The molecule has 0 amide bonds. The second-order valence-electron chi connectivity index (χ2n) is 5.13. The molecule has 0 spiro atoms. The number of ether oxygens (including phenoxy) is 1. The number of hydrogen-bond acceptors (Lipinski definition) is 3. The van der Waals surface area contributed by atoms with Gasteiger partial charge in [0.2, 0.25) is 5.92 Å². The van der Waals surface area contributed by atoms with Crippen molar-refractivity contribution in [1.82, 2.24) is 0 Å². The first kappa shape index (κ1) is 12.2. The van der Waals surface area contributed by atoms with E-state index < -0.39 is 16.9 Å². The molecule has 1 saturated carbocycles. The van der Waals surface area contributed by atoms with Gasteiger partial charge in [-0.15, -0.1) is 0 Å². The molecular weight excluding hydrogens is 218 g/mol. The van der Waals surface area contributed by atoms with Gasteiger partial charge in [-0.3, -0.25) is 0 Å². The lowest BCUT2D eigenvalue weighted by Gasteiger charge is -2.47. The van der Waals surface area contributed by atoms with Gasteiger partial charge in [-0.2, -0.15) is 0 Å². The average Bonchev–Trinajstić information content (AvgIpc) is 2.73. The SMILES string of the molecule is OCC1(C2(O)CCC(F)(F)CC2)CCOC1. The number of alkyl halides is 2. The Bertz CT molecular complexity index is 252. The Morgan fingerprint density at radius 3 is 2.12 bits per heavy atom. The lowest BCUT2D eigenvalue weighted by atomic mass is 9.64. The summed E-state index contributed by atoms with van der Waals surface area (Å²) >= 11 is 0. The third-order valence-corrected chi connectivity index (χ3v) is 4.20. The van der Waals surface area contributed by atoms with Crippen LogP contribution in [0.2, 0.25) is 0 Å². The van der Waals surface area contributed by atoms with E-state index in [4.69, 9.17) is 4.74 Å². The fraction of sp³-hybridized carbons (Fsp3) is 1.00. The predicted molar refractivity (Wildman–Crippen MR) is 53.3 cm³/mol. The molecule has 1 heterocycles. The maximum Gasteiger partial charge on any atom is 0.248 e. The molecule has 94 valence electrons. The van der Waals surface area contributed by atoms with Gasteiger partial charge in [-0.25, -0.2) is 8.78 Å². The summed E-state index contributed by atoms with van der Waals surface area (Å²) in [6.45, 7) is 0.555. The van der Waals surface area contributed by atoms with Crippen LogP contribution in [0.4, 0.5) is 8.78 Å². The van der Waals surface area contributed by atoms with Gasteiger partial charge < -0.3 is 14.9 Å². The summed E-state index contributed by atoms with van der Waals surface area (Å²) in [6, 6.07) is 0. The first-order chi connectivity index (χ1) is 7.43. The van der Waals surface area contributed by atoms with Crippen LogP contribution >= 0.6 is 0 Å². The topological polar surface area (TPSA) is 49.7 Å². The Labute approximate surface area is 93.4 Å². The zero-order valence-corrected chi connectivity index (χ0v) is 9.22. The summed E-state index contributed by atoms with van der Waals surface area (Å²) in [5.41, 5.74) is -1.93. The fourth-order valence-corrected chi connectivity index (χ4v) is 2.81. The lowest BCUT2D eigenvalue weighted by molar-refractivity contribution is -0.171. The van der Waals surface area contributed by atoms with E-state index in [9.17, 15) is 19.0 Å². The molecule has 16 heavy (non-hydrogen) atoms. The summed E-state index contributed by atoms with van der Waals surface area (Å²) in [6.07, 6.45) is 0.0376. The number of rotatable bonds is 2. The van der Waals surface area contributed by atoms with E-state index in [1.165, 1.54) is 0 Å². The molecule has 2 rings (SSSR count). The van der Waals surface area contributed by atoms with Crippen molar-refractivity contribution in [2.75, 3.05) is 19.8 Å². The van der Waals surface area contributed by atoms with E-state index >= 15 is 0 Å². The van der Waals surface area contributed by atoms with E-state index in [-0.39, 0.29) is 38.9 Å². The molecule has 2 fully saturated rings. The molecular formula is C11H18F2O3. The quantitative estimate of drug-likeness (QED) is 0.760. The molecule has 0 aromatic carbocycles. The van der Waals surface area contributed by atoms with Gasteiger partial charge in [0.25, 0.3) is 0 Å². The van der Waals surface area contributed by atoms with Crippen LogP contribution in [-0.4, -0.2) is 41.6 Å². The molecule has 2 aliphatic rings. The van der Waals surface area contributed by atoms with Crippen LogP contribution in [0, 0.1) is 5.41 Å². The van der Waals surface area contributed by atoms with Crippen molar-refractivity contribution >= 4 is 0 Å². The van der Waals surface area contributed by atoms with Crippen molar-refractivity contribution in [1.29, 1.82) is 0 Å². The second-order valence-corrected chi connectivity index (χ2v) is 5.13. The van der Waals surface area contributed by atoms with E-state index in [1.54, 1.807) is 0 Å². The third kappa shape index (κ3) is 1.85. The summed E-state index contributed by atoms with van der Waals surface area (Å²) in [4.78, 5) is 0. The molecule has 5 heteroatoms. The highest BCUT2D eigenvalue weighted by molar-refractivity contribution is 5.04. The predicted octanol–water partition coefficient (Wildman–Crippen LogP) is 1.33. The van der Waals surface area contributed by atoms with Gasteiger partial charge in [0.15, 0.2) is 0 Å². The van der Waals surface area contributed by atoms with Crippen molar-refractivity contribution in [2.24, 2.45) is 5.41 Å². The minimum atomic E-state index is -2.66. The molecule has 0 aromatic rings. The van der Waals surface area contributed by atoms with Crippen LogP contribution in [0.1, 0.15) is 32.1 Å². The number of hydrogen-bond donors (Lipinski definition) is 2. The van der Waals surface area contributed by atoms with Gasteiger partial charge in [-0.05, 0) is 19.3 Å². The Kier molecular flexibility index (Phi) is 2.97. The summed E-state index contributed by atoms with van der Waals surface area (Å²) in [5, 5.41) is 19.9. The second kappa shape index (κ2) is 3.89. The molecule has 0 aromatic heterocycles. The zero-order valence-electron chi connectivity index (χ0n) is 9.22. The number of aliphatic hydroxyl groups excluding tert-OH is 1. The largest absolute Gasteiger partial charge is 0.396 e. The van der Waals surface area contributed by atoms with Crippen LogP contribution in [0.5, 0.6) is 0 Å². The summed E-state index contributed by atoms with van der Waals surface area (Å²) in [7, 11) is 0. The lowest BCUT2D eigenvalue weighted by Crippen LogP contribution is -2.54. The van der Waals surface area contributed by atoms with Crippen LogP contribution in [0.15, 0.2) is 0 Å². The smallest absolute Gasteiger partial charge is 0.248 e. The van der Waals surface area contributed by atoms with E-state index in [1.807, 2.05) is 0 Å². The molecule has 1 saturated heterocycles. The van der Waals surface area contributed by atoms with Crippen molar-refractivity contribution < 1.29 is 23.7 Å². The van der Waals surface area contributed by atoms with Crippen molar-refractivity contribution in [2.45, 2.75) is 43.6 Å². The molecule has 0 bridgehead atoms. The van der Waals surface area contributed by atoms with Gasteiger partial charge in [0, 0.05) is 24.9 Å². The van der Waals surface area contributed by atoms with E-state index in [0.29, 0.717) is 13.0 Å². The zero-order chi connectivity index (χ0) is 11.9. The Balaban J connectivity index is 2.13. The molecule has 1 aliphatic carbocycles. The minimum absolute atomic E-state index is 0.0456. The molecule has 3 nitrogen and oxygen atoms in total. The molecule has 1 atom stereocenters. The number of halogens is 2. The maximum atomic E-state index is 13.1. The average molecular weight is 236 g/mol. The standard InChI is InChI=1S/C11H18F2O3/c12-11(13)3-1-10(15,2-4-11)9(7-14)5-6-16-8-9/h14-15H,1-8H2. The van der Waals surface area contributed by atoms with Gasteiger partial charge in [0.1, 0.15) is 0 Å². The summed E-state index contributed by atoms with van der Waals surface area (Å²) in [5.74, 6) is -2.66. The summed E-state index contributed by atoms with van der Waals surface area (Å²) < 4.78 is 31.3. The van der Waals surface area contributed by atoms with Gasteiger partial charge in [0.05, 0.1) is 18.8 Å². The van der Waals surface area contributed by atoms with Crippen LogP contribution in [-0.2, 0) is 4.74 Å². The highest BCUT2D eigenvalue weighted by Crippen LogP contribution is 2.50. The normalized spacial score (nSPS) is 37.5. The van der Waals surface area contributed by atoms with Gasteiger partial charge >= 0.3 is 0 Å². The molecule has 1 unspecified atom stereocenters. The first-order valence-electron chi connectivity index (χ1n) is 5.72. The van der Waals surface area contributed by atoms with Crippen molar-refractivity contribution in [3.05, 3.63) is 0 Å². The van der Waals surface area contributed by atoms with Crippen LogP contribution in [0.3, 0.4) is 0 Å². The van der Waals surface area contributed by atoms with Gasteiger partial charge in [-0.1, -0.05) is 0 Å². The highest BCUT2D eigenvalue weighted by atomic mass is 19.3. The monoisotopic (exact) mass is 236 g/mol. The number of aliphatic hydroxyl groups is 2. The highest BCUT2D eigenvalue weighted by Gasteiger charge is 2.56. The Morgan fingerprint density at radius 1 is 1.06 bits per heavy atom.